The van der Waals surface area contributed by atoms with E-state index >= 15 is 0 Å². The van der Waals surface area contributed by atoms with Crippen LogP contribution in [0.5, 0.6) is 0 Å². The number of para-hydroxylation sites is 1. The highest BCUT2D eigenvalue weighted by Crippen LogP contribution is 2.28. The molecule has 27 heavy (non-hydrogen) atoms. The zero-order chi connectivity index (χ0) is 18.6. The Balaban J connectivity index is 1.45. The van der Waals surface area contributed by atoms with Gasteiger partial charge in [-0.3, -0.25) is 0 Å². The molecule has 2 amide bonds. The molecule has 138 valence electrons. The zero-order valence-electron chi connectivity index (χ0n) is 14.6. The molecule has 1 N–H and O–H groups in total. The number of piperidine rings is 1. The Labute approximate surface area is 156 Å². The average molecular weight is 366 g/mol. The van der Waals surface area contributed by atoms with Gasteiger partial charge < -0.3 is 14.7 Å². The van der Waals surface area contributed by atoms with Gasteiger partial charge in [0.05, 0.1) is 11.6 Å². The molecule has 1 atom stereocenters. The summed E-state index contributed by atoms with van der Waals surface area (Å²) in [5.41, 5.74) is 1.06. The van der Waals surface area contributed by atoms with Crippen molar-refractivity contribution < 1.29 is 13.7 Å². The molecule has 0 bridgehead atoms. The van der Waals surface area contributed by atoms with Crippen LogP contribution in [-0.2, 0) is 0 Å². The predicted molar refractivity (Wildman–Crippen MR) is 98.7 cm³/mol. The van der Waals surface area contributed by atoms with Gasteiger partial charge in [-0.05, 0) is 25.0 Å². The fourth-order valence-electron chi connectivity index (χ4n) is 3.23. The standard InChI is InChI=1S/C20H19FN4O2/c21-16-10-4-5-11-17(16)22-20(26)25-12-6-9-15(13-25)19-23-18(24-27-19)14-7-2-1-3-8-14/h1-5,7-8,10-11,15H,6,9,12-13H2,(H,22,26)/t15-/m1/s1. The van der Waals surface area contributed by atoms with Crippen LogP contribution in [-0.4, -0.2) is 34.2 Å². The van der Waals surface area contributed by atoms with Crippen molar-refractivity contribution >= 4 is 11.7 Å². The van der Waals surface area contributed by atoms with E-state index in [9.17, 15) is 9.18 Å². The topological polar surface area (TPSA) is 71.3 Å². The van der Waals surface area contributed by atoms with Crippen molar-refractivity contribution in [1.29, 1.82) is 0 Å². The summed E-state index contributed by atoms with van der Waals surface area (Å²) in [5, 5.41) is 6.68. The number of amides is 2. The number of benzene rings is 2. The van der Waals surface area contributed by atoms with Crippen LogP contribution in [0.4, 0.5) is 14.9 Å². The minimum Gasteiger partial charge on any atom is -0.339 e. The summed E-state index contributed by atoms with van der Waals surface area (Å²) in [5.74, 6) is 0.578. The first-order chi connectivity index (χ1) is 13.2. The smallest absolute Gasteiger partial charge is 0.321 e. The van der Waals surface area contributed by atoms with E-state index < -0.39 is 5.82 Å². The average Bonchev–Trinajstić information content (AvgIpc) is 3.21. The lowest BCUT2D eigenvalue weighted by Crippen LogP contribution is -2.41. The molecule has 0 aliphatic carbocycles. The minimum atomic E-state index is -0.455. The Bertz CT molecular complexity index is 928. The number of nitrogens with zero attached hydrogens (tertiary/aromatic N) is 3. The highest BCUT2D eigenvalue weighted by molar-refractivity contribution is 5.89. The lowest BCUT2D eigenvalue weighted by Gasteiger charge is -2.31. The van der Waals surface area contributed by atoms with Gasteiger partial charge in [0, 0.05) is 18.7 Å². The number of anilines is 1. The monoisotopic (exact) mass is 366 g/mol. The third kappa shape index (κ3) is 3.81. The number of hydrogen-bond donors (Lipinski definition) is 1. The van der Waals surface area contributed by atoms with Crippen LogP contribution in [0.2, 0.25) is 0 Å². The van der Waals surface area contributed by atoms with Crippen molar-refractivity contribution in [2.75, 3.05) is 18.4 Å². The summed E-state index contributed by atoms with van der Waals surface area (Å²) < 4.78 is 19.2. The van der Waals surface area contributed by atoms with E-state index in [1.807, 2.05) is 30.3 Å². The van der Waals surface area contributed by atoms with E-state index in [1.165, 1.54) is 6.07 Å². The summed E-state index contributed by atoms with van der Waals surface area (Å²) in [6, 6.07) is 15.4. The van der Waals surface area contributed by atoms with Gasteiger partial charge in [-0.2, -0.15) is 4.98 Å². The van der Waals surface area contributed by atoms with Crippen molar-refractivity contribution in [3.63, 3.8) is 0 Å². The minimum absolute atomic E-state index is 0.0323. The third-order valence-corrected chi connectivity index (χ3v) is 4.65. The molecular weight excluding hydrogens is 347 g/mol. The van der Waals surface area contributed by atoms with Crippen LogP contribution in [0.25, 0.3) is 11.4 Å². The maximum absolute atomic E-state index is 13.8. The number of rotatable bonds is 3. The van der Waals surface area contributed by atoms with Crippen LogP contribution in [0, 0.1) is 5.82 Å². The van der Waals surface area contributed by atoms with Crippen LogP contribution >= 0.6 is 0 Å². The molecule has 3 aromatic rings. The predicted octanol–water partition coefficient (Wildman–Crippen LogP) is 4.29. The molecule has 0 unspecified atom stereocenters. The molecule has 0 spiro atoms. The molecule has 7 heteroatoms. The SMILES string of the molecule is O=C(Nc1ccccc1F)N1CCC[C@@H](c2nc(-c3ccccc3)no2)C1. The largest absolute Gasteiger partial charge is 0.339 e. The lowest BCUT2D eigenvalue weighted by atomic mass is 9.98. The third-order valence-electron chi connectivity index (χ3n) is 4.65. The molecule has 4 rings (SSSR count). The molecule has 1 aliphatic heterocycles. The van der Waals surface area contributed by atoms with Crippen molar-refractivity contribution in [3.8, 4) is 11.4 Å². The maximum Gasteiger partial charge on any atom is 0.321 e. The van der Waals surface area contributed by atoms with Gasteiger partial charge in [-0.15, -0.1) is 0 Å². The summed E-state index contributed by atoms with van der Waals surface area (Å²) in [6.45, 7) is 1.06. The Morgan fingerprint density at radius 3 is 2.74 bits per heavy atom. The second kappa shape index (κ2) is 7.57. The van der Waals surface area contributed by atoms with E-state index in [1.54, 1.807) is 23.1 Å². The summed E-state index contributed by atoms with van der Waals surface area (Å²) in [4.78, 5) is 18.7. The number of aromatic nitrogens is 2. The van der Waals surface area contributed by atoms with Gasteiger partial charge >= 0.3 is 6.03 Å². The first-order valence-electron chi connectivity index (χ1n) is 8.90. The van der Waals surface area contributed by atoms with Crippen molar-refractivity contribution in [2.24, 2.45) is 0 Å². The van der Waals surface area contributed by atoms with E-state index in [0.29, 0.717) is 24.8 Å². The second-order valence-electron chi connectivity index (χ2n) is 6.52. The van der Waals surface area contributed by atoms with Gasteiger partial charge in [0.1, 0.15) is 5.82 Å². The molecule has 0 saturated carbocycles. The van der Waals surface area contributed by atoms with Crippen molar-refractivity contribution in [2.45, 2.75) is 18.8 Å². The second-order valence-corrected chi connectivity index (χ2v) is 6.52. The quantitative estimate of drug-likeness (QED) is 0.751. The number of halogens is 1. The fraction of sp³-hybridized carbons (Fsp3) is 0.250. The molecule has 2 aromatic carbocycles. The van der Waals surface area contributed by atoms with E-state index in [4.69, 9.17) is 4.52 Å². The highest BCUT2D eigenvalue weighted by atomic mass is 19.1. The number of carbonyl (C=O) groups excluding carboxylic acids is 1. The maximum atomic E-state index is 13.8. The molecule has 2 heterocycles. The molecule has 1 aliphatic rings. The normalized spacial score (nSPS) is 16.9. The van der Waals surface area contributed by atoms with Gasteiger partial charge in [-0.1, -0.05) is 47.6 Å². The van der Waals surface area contributed by atoms with Crippen LogP contribution < -0.4 is 5.32 Å². The van der Waals surface area contributed by atoms with E-state index in [-0.39, 0.29) is 17.6 Å². The van der Waals surface area contributed by atoms with Crippen molar-refractivity contribution in [3.05, 3.63) is 66.3 Å². The van der Waals surface area contributed by atoms with Crippen LogP contribution in [0.15, 0.2) is 59.1 Å². The number of hydrogen-bond acceptors (Lipinski definition) is 4. The van der Waals surface area contributed by atoms with Crippen molar-refractivity contribution in [1.82, 2.24) is 15.0 Å². The van der Waals surface area contributed by atoms with E-state index in [2.05, 4.69) is 15.5 Å². The lowest BCUT2D eigenvalue weighted by molar-refractivity contribution is 0.184. The Hall–Kier alpha value is -3.22. The van der Waals surface area contributed by atoms with Crippen LogP contribution in [0.3, 0.4) is 0 Å². The number of carbonyl (C=O) groups is 1. The molecule has 1 saturated heterocycles. The summed E-state index contributed by atoms with van der Waals surface area (Å²) in [7, 11) is 0. The molecule has 0 radical (unpaired) electrons. The summed E-state index contributed by atoms with van der Waals surface area (Å²) in [6.07, 6.45) is 1.68. The zero-order valence-corrected chi connectivity index (χ0v) is 14.6. The molecule has 1 aromatic heterocycles. The number of likely N-dealkylation sites (tertiary alicyclic amines) is 1. The molecule has 1 fully saturated rings. The summed E-state index contributed by atoms with van der Waals surface area (Å²) >= 11 is 0. The number of urea groups is 1. The van der Waals surface area contributed by atoms with Gasteiger partial charge in [0.2, 0.25) is 11.7 Å². The molecular formula is C20H19FN4O2. The first kappa shape index (κ1) is 17.2. The number of nitrogens with one attached hydrogen (secondary N) is 1. The fourth-order valence-corrected chi connectivity index (χ4v) is 3.23. The van der Waals surface area contributed by atoms with E-state index in [0.717, 1.165) is 18.4 Å². The van der Waals surface area contributed by atoms with Crippen LogP contribution in [0.1, 0.15) is 24.7 Å². The van der Waals surface area contributed by atoms with Gasteiger partial charge in [0.25, 0.3) is 0 Å². The van der Waals surface area contributed by atoms with Gasteiger partial charge in [0.15, 0.2) is 0 Å². The Kier molecular flexibility index (Phi) is 4.82. The Morgan fingerprint density at radius 2 is 1.93 bits per heavy atom. The van der Waals surface area contributed by atoms with Gasteiger partial charge in [-0.25, -0.2) is 9.18 Å². The Morgan fingerprint density at radius 1 is 1.15 bits per heavy atom. The first-order valence-corrected chi connectivity index (χ1v) is 8.90. The molecule has 6 nitrogen and oxygen atoms in total. The highest BCUT2D eigenvalue weighted by Gasteiger charge is 2.29.